The maximum Gasteiger partial charge on any atom is 0.0130 e. The van der Waals surface area contributed by atoms with Gasteiger partial charge in [0.05, 0.1) is 0 Å². The maximum absolute atomic E-state index is 3.59. The van der Waals surface area contributed by atoms with Crippen LogP contribution in [0.4, 0.5) is 0 Å². The highest BCUT2D eigenvalue weighted by atomic mass is 15.0. The summed E-state index contributed by atoms with van der Waals surface area (Å²) >= 11 is 0. The van der Waals surface area contributed by atoms with Gasteiger partial charge in [0.25, 0.3) is 0 Å². The molecule has 0 aromatic rings. The van der Waals surface area contributed by atoms with Crippen LogP contribution < -0.4 is 5.32 Å². The van der Waals surface area contributed by atoms with Crippen LogP contribution in [-0.4, -0.2) is 11.6 Å². The van der Waals surface area contributed by atoms with Crippen molar-refractivity contribution >= 4 is 0 Å². The fraction of sp³-hybridized carbons (Fsp3) is 1.00. The molecule has 1 heteroatoms. The fourth-order valence-corrected chi connectivity index (χ4v) is 2.34. The molecule has 10 heavy (non-hydrogen) atoms. The minimum absolute atomic E-state index is 0.372. The van der Waals surface area contributed by atoms with E-state index < -0.39 is 0 Å². The molecule has 0 aromatic heterocycles. The molecule has 1 aliphatic heterocycles. The van der Waals surface area contributed by atoms with Gasteiger partial charge in [-0.3, -0.25) is 0 Å². The number of nitrogens with one attached hydrogen (secondary N) is 1. The van der Waals surface area contributed by atoms with Gasteiger partial charge in [0.15, 0.2) is 0 Å². The zero-order valence-corrected chi connectivity index (χ0v) is 7.57. The molecular formula is C9H19N. The van der Waals surface area contributed by atoms with Crippen LogP contribution in [0.1, 0.15) is 40.5 Å². The van der Waals surface area contributed by atoms with Gasteiger partial charge in [0.1, 0.15) is 0 Å². The van der Waals surface area contributed by atoms with Crippen molar-refractivity contribution in [1.82, 2.24) is 5.32 Å². The Morgan fingerprint density at radius 3 is 2.30 bits per heavy atom. The second kappa shape index (κ2) is 2.54. The third-order valence-electron chi connectivity index (χ3n) is 2.25. The molecule has 0 radical (unpaired) electrons. The van der Waals surface area contributed by atoms with Gasteiger partial charge in [0, 0.05) is 11.6 Å². The molecular weight excluding hydrogens is 122 g/mol. The van der Waals surface area contributed by atoms with E-state index in [2.05, 4.69) is 33.0 Å². The molecule has 1 N–H and O–H groups in total. The third-order valence-corrected chi connectivity index (χ3v) is 2.25. The molecule has 0 unspecified atom stereocenters. The van der Waals surface area contributed by atoms with E-state index in [-0.39, 0.29) is 0 Å². The first kappa shape index (κ1) is 8.06. The second-order valence-corrected chi connectivity index (χ2v) is 4.47. The topological polar surface area (TPSA) is 12.0 Å². The Morgan fingerprint density at radius 1 is 1.30 bits per heavy atom. The normalized spacial score (nSPS) is 39.6. The van der Waals surface area contributed by atoms with Crippen LogP contribution in [-0.2, 0) is 0 Å². The van der Waals surface area contributed by atoms with Gasteiger partial charge in [-0.1, -0.05) is 6.92 Å². The third kappa shape index (κ3) is 1.98. The fourth-order valence-electron chi connectivity index (χ4n) is 2.34. The van der Waals surface area contributed by atoms with Gasteiger partial charge in [-0.05, 0) is 39.5 Å². The second-order valence-electron chi connectivity index (χ2n) is 4.47. The number of hydrogen-bond acceptors (Lipinski definition) is 1. The molecule has 1 nitrogen and oxygen atoms in total. The van der Waals surface area contributed by atoms with E-state index >= 15 is 0 Å². The minimum Gasteiger partial charge on any atom is -0.309 e. The maximum atomic E-state index is 3.59. The van der Waals surface area contributed by atoms with Crippen LogP contribution in [0.3, 0.4) is 0 Å². The van der Waals surface area contributed by atoms with Crippen LogP contribution in [0.5, 0.6) is 0 Å². The first-order chi connectivity index (χ1) is 4.49. The summed E-state index contributed by atoms with van der Waals surface area (Å²) in [6.45, 7) is 9.20. The van der Waals surface area contributed by atoms with Crippen LogP contribution in [0.25, 0.3) is 0 Å². The standard InChI is InChI=1S/C9H19N/c1-7-5-8(2)10-9(3,4)6-7/h7-8,10H,5-6H2,1-4H3/t7-,8+/m1/s1. The Morgan fingerprint density at radius 2 is 1.90 bits per heavy atom. The highest BCUT2D eigenvalue weighted by Gasteiger charge is 2.28. The van der Waals surface area contributed by atoms with E-state index in [0.29, 0.717) is 11.6 Å². The van der Waals surface area contributed by atoms with Gasteiger partial charge < -0.3 is 5.32 Å². The molecule has 0 aliphatic carbocycles. The summed E-state index contributed by atoms with van der Waals surface area (Å²) < 4.78 is 0. The lowest BCUT2D eigenvalue weighted by molar-refractivity contribution is 0.200. The van der Waals surface area contributed by atoms with E-state index in [9.17, 15) is 0 Å². The number of rotatable bonds is 0. The summed E-state index contributed by atoms with van der Waals surface area (Å²) in [5, 5.41) is 3.59. The molecule has 0 saturated carbocycles. The average molecular weight is 141 g/mol. The average Bonchev–Trinajstić information content (AvgIpc) is 1.54. The Labute approximate surface area is 64.2 Å². The molecule has 60 valence electrons. The van der Waals surface area contributed by atoms with Crippen LogP contribution in [0.15, 0.2) is 0 Å². The molecule has 0 amide bonds. The summed E-state index contributed by atoms with van der Waals surface area (Å²) in [6.07, 6.45) is 2.65. The van der Waals surface area contributed by atoms with Crippen LogP contribution in [0.2, 0.25) is 0 Å². The van der Waals surface area contributed by atoms with Gasteiger partial charge in [0.2, 0.25) is 0 Å². The molecule has 2 atom stereocenters. The lowest BCUT2D eigenvalue weighted by atomic mass is 9.83. The Kier molecular flexibility index (Phi) is 2.04. The zero-order chi connectivity index (χ0) is 7.78. The van der Waals surface area contributed by atoms with Gasteiger partial charge in [-0.2, -0.15) is 0 Å². The predicted octanol–water partition coefficient (Wildman–Crippen LogP) is 2.17. The molecule has 1 aliphatic rings. The molecule has 1 fully saturated rings. The summed E-state index contributed by atoms with van der Waals surface area (Å²) in [4.78, 5) is 0. The van der Waals surface area contributed by atoms with E-state index in [0.717, 1.165) is 5.92 Å². The van der Waals surface area contributed by atoms with E-state index in [1.165, 1.54) is 12.8 Å². The Bertz CT molecular complexity index is 106. The summed E-state index contributed by atoms with van der Waals surface area (Å²) in [6, 6.07) is 0.707. The summed E-state index contributed by atoms with van der Waals surface area (Å²) in [5.41, 5.74) is 0.372. The van der Waals surface area contributed by atoms with Crippen molar-refractivity contribution in [3.8, 4) is 0 Å². The first-order valence-corrected chi connectivity index (χ1v) is 4.27. The largest absolute Gasteiger partial charge is 0.309 e. The van der Waals surface area contributed by atoms with Crippen molar-refractivity contribution < 1.29 is 0 Å². The van der Waals surface area contributed by atoms with Crippen molar-refractivity contribution in [2.75, 3.05) is 0 Å². The van der Waals surface area contributed by atoms with Crippen molar-refractivity contribution in [3.05, 3.63) is 0 Å². The van der Waals surface area contributed by atoms with Gasteiger partial charge in [-0.25, -0.2) is 0 Å². The SMILES string of the molecule is C[C@@H]1C[C@H](C)NC(C)(C)C1. The van der Waals surface area contributed by atoms with Crippen LogP contribution >= 0.6 is 0 Å². The highest BCUT2D eigenvalue weighted by Crippen LogP contribution is 2.26. The van der Waals surface area contributed by atoms with Crippen molar-refractivity contribution in [2.45, 2.75) is 52.1 Å². The lowest BCUT2D eigenvalue weighted by Gasteiger charge is -2.39. The van der Waals surface area contributed by atoms with E-state index in [4.69, 9.17) is 0 Å². The molecule has 0 bridgehead atoms. The van der Waals surface area contributed by atoms with Crippen molar-refractivity contribution in [3.63, 3.8) is 0 Å². The summed E-state index contributed by atoms with van der Waals surface area (Å²) in [5.74, 6) is 0.895. The molecule has 1 saturated heterocycles. The van der Waals surface area contributed by atoms with Crippen LogP contribution in [0, 0.1) is 5.92 Å². The molecule has 0 aromatic carbocycles. The van der Waals surface area contributed by atoms with Crippen molar-refractivity contribution in [2.24, 2.45) is 5.92 Å². The number of hydrogen-bond donors (Lipinski definition) is 1. The highest BCUT2D eigenvalue weighted by molar-refractivity contribution is 4.88. The van der Waals surface area contributed by atoms with E-state index in [1.807, 2.05) is 0 Å². The smallest absolute Gasteiger partial charge is 0.0130 e. The molecule has 1 heterocycles. The molecule has 0 spiro atoms. The first-order valence-electron chi connectivity index (χ1n) is 4.27. The molecule has 1 rings (SSSR count). The lowest BCUT2D eigenvalue weighted by Crippen LogP contribution is -2.50. The van der Waals surface area contributed by atoms with Gasteiger partial charge >= 0.3 is 0 Å². The predicted molar refractivity (Wildman–Crippen MR) is 45.1 cm³/mol. The quantitative estimate of drug-likeness (QED) is 0.545. The monoisotopic (exact) mass is 141 g/mol. The zero-order valence-electron chi connectivity index (χ0n) is 7.57. The van der Waals surface area contributed by atoms with Crippen molar-refractivity contribution in [1.29, 1.82) is 0 Å². The minimum atomic E-state index is 0.372. The number of piperidine rings is 1. The summed E-state index contributed by atoms with van der Waals surface area (Å²) in [7, 11) is 0. The van der Waals surface area contributed by atoms with Gasteiger partial charge in [-0.15, -0.1) is 0 Å². The Balaban J connectivity index is 2.51. The van der Waals surface area contributed by atoms with E-state index in [1.54, 1.807) is 0 Å². The Hall–Kier alpha value is -0.0400.